The molecule has 2 aromatic rings. The van der Waals surface area contributed by atoms with Gasteiger partial charge in [-0.25, -0.2) is 5.43 Å². The van der Waals surface area contributed by atoms with Crippen molar-refractivity contribution in [3.63, 3.8) is 0 Å². The summed E-state index contributed by atoms with van der Waals surface area (Å²) in [6, 6.07) is 16.0. The topological polar surface area (TPSA) is 73.7 Å². The Bertz CT molecular complexity index is 641. The summed E-state index contributed by atoms with van der Waals surface area (Å²) in [7, 11) is 0. The van der Waals surface area contributed by atoms with Crippen molar-refractivity contribution in [3.8, 4) is 5.75 Å². The summed E-state index contributed by atoms with van der Waals surface area (Å²) in [4.78, 5) is 12.1. The van der Waals surface area contributed by atoms with Crippen molar-refractivity contribution in [3.05, 3.63) is 60.2 Å². The van der Waals surface area contributed by atoms with Crippen LogP contribution in [0.5, 0.6) is 5.75 Å². The maximum atomic E-state index is 12.1. The Hall–Kier alpha value is -2.82. The third-order valence-electron chi connectivity index (χ3n) is 3.15. The van der Waals surface area contributed by atoms with E-state index in [9.17, 15) is 9.90 Å². The van der Waals surface area contributed by atoms with Crippen LogP contribution >= 0.6 is 0 Å². The second-order valence-electron chi connectivity index (χ2n) is 4.76. The number of hydrazone groups is 1. The quantitative estimate of drug-likeness (QED) is 0.567. The lowest BCUT2D eigenvalue weighted by Gasteiger charge is -2.16. The van der Waals surface area contributed by atoms with E-state index >= 15 is 0 Å². The Labute approximate surface area is 129 Å². The Morgan fingerprint density at radius 3 is 2.55 bits per heavy atom. The number of benzene rings is 2. The maximum absolute atomic E-state index is 12.1. The molecule has 0 aromatic heterocycles. The average molecular weight is 297 g/mol. The molecule has 0 spiro atoms. The minimum Gasteiger partial charge on any atom is -0.507 e. The van der Waals surface area contributed by atoms with Crippen LogP contribution in [0.4, 0.5) is 5.69 Å². The van der Waals surface area contributed by atoms with Crippen molar-refractivity contribution in [1.29, 1.82) is 0 Å². The Balaban J connectivity index is 1.94. The van der Waals surface area contributed by atoms with Gasteiger partial charge in [0.2, 0.25) is 0 Å². The maximum Gasteiger partial charge on any atom is 0.262 e. The first kappa shape index (κ1) is 15.6. The molecule has 0 aliphatic heterocycles. The van der Waals surface area contributed by atoms with Crippen LogP contribution in [0, 0.1) is 0 Å². The number of hydrogen-bond acceptors (Lipinski definition) is 4. The van der Waals surface area contributed by atoms with Crippen LogP contribution in [-0.2, 0) is 4.79 Å². The number of hydrogen-bond donors (Lipinski definition) is 3. The number of phenolic OH excluding ortho intramolecular Hbond substituents is 1. The number of phenols is 1. The van der Waals surface area contributed by atoms with Gasteiger partial charge in [0.05, 0.1) is 6.21 Å². The van der Waals surface area contributed by atoms with E-state index in [0.717, 1.165) is 5.69 Å². The summed E-state index contributed by atoms with van der Waals surface area (Å²) in [5, 5.41) is 16.7. The minimum absolute atomic E-state index is 0.120. The highest BCUT2D eigenvalue weighted by molar-refractivity contribution is 5.87. The molecule has 0 saturated carbocycles. The molecule has 0 saturated heterocycles. The molecule has 2 aromatic carbocycles. The van der Waals surface area contributed by atoms with E-state index in [1.165, 1.54) is 6.21 Å². The number of anilines is 1. The van der Waals surface area contributed by atoms with Crippen LogP contribution in [-0.4, -0.2) is 23.3 Å². The molecule has 1 amide bonds. The largest absolute Gasteiger partial charge is 0.507 e. The molecule has 1 atom stereocenters. The zero-order valence-corrected chi connectivity index (χ0v) is 12.4. The smallest absolute Gasteiger partial charge is 0.262 e. The lowest BCUT2D eigenvalue weighted by molar-refractivity contribution is -0.121. The first-order valence-electron chi connectivity index (χ1n) is 7.13. The van der Waals surface area contributed by atoms with Gasteiger partial charge in [0.15, 0.2) is 0 Å². The molecule has 1 unspecified atom stereocenters. The first-order chi connectivity index (χ1) is 10.7. The van der Waals surface area contributed by atoms with E-state index in [0.29, 0.717) is 12.0 Å². The van der Waals surface area contributed by atoms with E-state index < -0.39 is 0 Å². The standard InChI is InChI=1S/C17H19N3O2/c1-2-15(19-14-9-4-3-5-10-14)17(22)20-18-12-13-8-6-7-11-16(13)21/h3-12,15,19,21H,2H2,1H3,(H,20,22). The van der Waals surface area contributed by atoms with Gasteiger partial charge in [0, 0.05) is 11.3 Å². The molecule has 0 aliphatic carbocycles. The highest BCUT2D eigenvalue weighted by Crippen LogP contribution is 2.12. The molecule has 3 N–H and O–H groups in total. The van der Waals surface area contributed by atoms with Crippen LogP contribution in [0.15, 0.2) is 59.7 Å². The fraction of sp³-hybridized carbons (Fsp3) is 0.176. The van der Waals surface area contributed by atoms with Gasteiger partial charge in [-0.2, -0.15) is 5.10 Å². The number of aromatic hydroxyl groups is 1. The molecule has 2 rings (SSSR count). The van der Waals surface area contributed by atoms with E-state index in [1.807, 2.05) is 37.3 Å². The normalized spacial score (nSPS) is 12.0. The van der Waals surface area contributed by atoms with E-state index in [1.54, 1.807) is 24.3 Å². The summed E-state index contributed by atoms with van der Waals surface area (Å²) in [5.74, 6) is -0.104. The lowest BCUT2D eigenvalue weighted by Crippen LogP contribution is -2.36. The van der Waals surface area contributed by atoms with Gasteiger partial charge in [-0.15, -0.1) is 0 Å². The zero-order chi connectivity index (χ0) is 15.8. The number of carbonyl (C=O) groups is 1. The molecule has 5 heteroatoms. The lowest BCUT2D eigenvalue weighted by atomic mass is 10.2. The van der Waals surface area contributed by atoms with Gasteiger partial charge < -0.3 is 10.4 Å². The third kappa shape index (κ3) is 4.34. The summed E-state index contributed by atoms with van der Waals surface area (Å²) >= 11 is 0. The molecule has 0 radical (unpaired) electrons. The van der Waals surface area contributed by atoms with Gasteiger partial charge in [0.1, 0.15) is 11.8 Å². The Kier molecular flexibility index (Phi) is 5.54. The van der Waals surface area contributed by atoms with E-state index in [4.69, 9.17) is 0 Å². The van der Waals surface area contributed by atoms with Gasteiger partial charge in [-0.3, -0.25) is 4.79 Å². The molecular formula is C17H19N3O2. The van der Waals surface area contributed by atoms with Crippen molar-refractivity contribution in [2.75, 3.05) is 5.32 Å². The van der Waals surface area contributed by atoms with Gasteiger partial charge in [-0.05, 0) is 30.7 Å². The number of para-hydroxylation sites is 2. The molecule has 0 bridgehead atoms. The SMILES string of the molecule is CCC(Nc1ccccc1)C(=O)NN=Cc1ccccc1O. The Morgan fingerprint density at radius 2 is 1.86 bits per heavy atom. The highest BCUT2D eigenvalue weighted by Gasteiger charge is 2.15. The van der Waals surface area contributed by atoms with Crippen molar-refractivity contribution < 1.29 is 9.90 Å². The fourth-order valence-corrected chi connectivity index (χ4v) is 1.93. The Morgan fingerprint density at radius 1 is 1.18 bits per heavy atom. The van der Waals surface area contributed by atoms with Crippen molar-refractivity contribution in [2.24, 2.45) is 5.10 Å². The van der Waals surface area contributed by atoms with Crippen LogP contribution in [0.2, 0.25) is 0 Å². The molecule has 0 heterocycles. The number of carbonyl (C=O) groups excluding carboxylic acids is 1. The zero-order valence-electron chi connectivity index (χ0n) is 12.4. The number of amides is 1. The first-order valence-corrected chi connectivity index (χ1v) is 7.13. The van der Waals surface area contributed by atoms with Gasteiger partial charge in [-0.1, -0.05) is 37.3 Å². The van der Waals surface area contributed by atoms with Crippen molar-refractivity contribution >= 4 is 17.8 Å². The molecule has 0 fully saturated rings. The summed E-state index contributed by atoms with van der Waals surface area (Å²) in [6.45, 7) is 1.92. The van der Waals surface area contributed by atoms with Crippen LogP contribution < -0.4 is 10.7 Å². The van der Waals surface area contributed by atoms with Crippen molar-refractivity contribution in [2.45, 2.75) is 19.4 Å². The number of nitrogens with zero attached hydrogens (tertiary/aromatic N) is 1. The second-order valence-corrected chi connectivity index (χ2v) is 4.76. The van der Waals surface area contributed by atoms with Crippen LogP contribution in [0.1, 0.15) is 18.9 Å². The molecule has 5 nitrogen and oxygen atoms in total. The number of rotatable bonds is 6. The van der Waals surface area contributed by atoms with Gasteiger partial charge >= 0.3 is 0 Å². The third-order valence-corrected chi connectivity index (χ3v) is 3.15. The molecular weight excluding hydrogens is 278 g/mol. The minimum atomic E-state index is -0.371. The monoisotopic (exact) mass is 297 g/mol. The van der Waals surface area contributed by atoms with E-state index in [-0.39, 0.29) is 17.7 Å². The van der Waals surface area contributed by atoms with Gasteiger partial charge in [0.25, 0.3) is 5.91 Å². The number of nitrogens with one attached hydrogen (secondary N) is 2. The van der Waals surface area contributed by atoms with Crippen LogP contribution in [0.25, 0.3) is 0 Å². The predicted molar refractivity (Wildman–Crippen MR) is 88.0 cm³/mol. The summed E-state index contributed by atoms with van der Waals surface area (Å²) in [6.07, 6.45) is 2.05. The van der Waals surface area contributed by atoms with E-state index in [2.05, 4.69) is 15.8 Å². The fourth-order valence-electron chi connectivity index (χ4n) is 1.93. The molecule has 114 valence electrons. The average Bonchev–Trinajstić information content (AvgIpc) is 2.55. The second kappa shape index (κ2) is 7.83. The summed E-state index contributed by atoms with van der Waals surface area (Å²) in [5.41, 5.74) is 3.92. The summed E-state index contributed by atoms with van der Waals surface area (Å²) < 4.78 is 0. The molecule has 0 aliphatic rings. The van der Waals surface area contributed by atoms with Crippen LogP contribution in [0.3, 0.4) is 0 Å². The predicted octanol–water partition coefficient (Wildman–Crippen LogP) is 2.73. The molecule has 22 heavy (non-hydrogen) atoms. The van der Waals surface area contributed by atoms with Crippen molar-refractivity contribution in [1.82, 2.24) is 5.43 Å². The highest BCUT2D eigenvalue weighted by atomic mass is 16.3.